The van der Waals surface area contributed by atoms with Crippen LogP contribution in [0.5, 0.6) is 5.75 Å². The number of carboxylic acids is 1. The van der Waals surface area contributed by atoms with Gasteiger partial charge in [0.1, 0.15) is 11.3 Å². The Morgan fingerprint density at radius 1 is 1.52 bits per heavy atom. The first-order chi connectivity index (χ1) is 10.0. The van der Waals surface area contributed by atoms with Gasteiger partial charge < -0.3 is 20.5 Å². The first kappa shape index (κ1) is 15.9. The standard InChI is InChI=1S/C13H15ClN2O4S/c1-20-11-5-9(8(14)4-7(11)13(18)19)16-12(17)10-6-21-3-2-15-10/h4-5,10,15H,2-3,6H2,1H3,(H,16,17)(H,18,19). The normalized spacial score (nSPS) is 18.1. The van der Waals surface area contributed by atoms with Gasteiger partial charge in [0, 0.05) is 24.1 Å². The van der Waals surface area contributed by atoms with E-state index in [0.29, 0.717) is 11.4 Å². The van der Waals surface area contributed by atoms with Gasteiger partial charge in [-0.15, -0.1) is 0 Å². The van der Waals surface area contributed by atoms with Gasteiger partial charge >= 0.3 is 5.97 Å². The number of anilines is 1. The molecule has 1 heterocycles. The Bertz CT molecular complexity index is 561. The zero-order valence-electron chi connectivity index (χ0n) is 11.3. The molecule has 1 aliphatic rings. The third kappa shape index (κ3) is 3.81. The van der Waals surface area contributed by atoms with E-state index in [1.54, 1.807) is 11.8 Å². The summed E-state index contributed by atoms with van der Waals surface area (Å²) in [5.74, 6) is 0.471. The molecular formula is C13H15ClN2O4S. The number of halogens is 1. The number of hydrogen-bond acceptors (Lipinski definition) is 5. The smallest absolute Gasteiger partial charge is 0.339 e. The third-order valence-corrected chi connectivity index (χ3v) is 4.39. The fourth-order valence-corrected chi connectivity index (χ4v) is 3.08. The zero-order chi connectivity index (χ0) is 15.4. The van der Waals surface area contributed by atoms with Gasteiger partial charge in [-0.1, -0.05) is 11.6 Å². The maximum absolute atomic E-state index is 12.1. The van der Waals surface area contributed by atoms with E-state index < -0.39 is 5.97 Å². The lowest BCUT2D eigenvalue weighted by Crippen LogP contribution is -2.46. The maximum Gasteiger partial charge on any atom is 0.339 e. The zero-order valence-corrected chi connectivity index (χ0v) is 12.9. The fourth-order valence-electron chi connectivity index (χ4n) is 1.94. The summed E-state index contributed by atoms with van der Waals surface area (Å²) >= 11 is 7.73. The van der Waals surface area contributed by atoms with Gasteiger partial charge in [0.15, 0.2) is 0 Å². The molecule has 6 nitrogen and oxygen atoms in total. The van der Waals surface area contributed by atoms with Crippen molar-refractivity contribution in [3.63, 3.8) is 0 Å². The number of benzene rings is 1. The van der Waals surface area contributed by atoms with Crippen molar-refractivity contribution >= 4 is 40.9 Å². The van der Waals surface area contributed by atoms with Crippen LogP contribution in [0.15, 0.2) is 12.1 Å². The third-order valence-electron chi connectivity index (χ3n) is 3.02. The first-order valence-electron chi connectivity index (χ1n) is 6.25. The minimum Gasteiger partial charge on any atom is -0.496 e. The van der Waals surface area contributed by atoms with E-state index in [2.05, 4.69) is 10.6 Å². The molecule has 2 rings (SSSR count). The molecule has 0 aromatic heterocycles. The SMILES string of the molecule is COc1cc(NC(=O)C2CSCCN2)c(Cl)cc1C(=O)O. The number of amides is 1. The molecule has 3 N–H and O–H groups in total. The second kappa shape index (κ2) is 7.02. The highest BCUT2D eigenvalue weighted by molar-refractivity contribution is 7.99. The second-order valence-electron chi connectivity index (χ2n) is 4.41. The van der Waals surface area contributed by atoms with Crippen molar-refractivity contribution in [2.24, 2.45) is 0 Å². The molecule has 1 aliphatic heterocycles. The van der Waals surface area contributed by atoms with Crippen LogP contribution in [-0.2, 0) is 4.79 Å². The summed E-state index contributed by atoms with van der Waals surface area (Å²) in [4.78, 5) is 23.2. The highest BCUT2D eigenvalue weighted by atomic mass is 35.5. The predicted molar refractivity (Wildman–Crippen MR) is 82.7 cm³/mol. The Kier molecular flexibility index (Phi) is 5.33. The number of carbonyl (C=O) groups excluding carboxylic acids is 1. The molecule has 0 bridgehead atoms. The summed E-state index contributed by atoms with van der Waals surface area (Å²) in [5.41, 5.74) is 0.285. The summed E-state index contributed by atoms with van der Waals surface area (Å²) in [6.07, 6.45) is 0. The lowest BCUT2D eigenvalue weighted by Gasteiger charge is -2.22. The molecule has 1 saturated heterocycles. The molecule has 0 radical (unpaired) electrons. The van der Waals surface area contributed by atoms with Crippen LogP contribution in [0.3, 0.4) is 0 Å². The van der Waals surface area contributed by atoms with E-state index in [-0.39, 0.29) is 28.3 Å². The van der Waals surface area contributed by atoms with Gasteiger partial charge in [0.2, 0.25) is 5.91 Å². The fraction of sp³-hybridized carbons (Fsp3) is 0.385. The number of carboxylic acid groups (broad SMARTS) is 1. The van der Waals surface area contributed by atoms with Crippen LogP contribution < -0.4 is 15.4 Å². The molecule has 1 aromatic rings. The molecule has 0 aliphatic carbocycles. The van der Waals surface area contributed by atoms with Gasteiger partial charge in [0.05, 0.1) is 23.9 Å². The number of ether oxygens (including phenoxy) is 1. The molecule has 8 heteroatoms. The quantitative estimate of drug-likeness (QED) is 0.778. The number of nitrogens with one attached hydrogen (secondary N) is 2. The van der Waals surface area contributed by atoms with Crippen LogP contribution in [0.25, 0.3) is 0 Å². The van der Waals surface area contributed by atoms with E-state index in [4.69, 9.17) is 21.4 Å². The Morgan fingerprint density at radius 3 is 2.86 bits per heavy atom. The van der Waals surface area contributed by atoms with Gasteiger partial charge in [-0.3, -0.25) is 4.79 Å². The average Bonchev–Trinajstić information content (AvgIpc) is 2.49. The molecular weight excluding hydrogens is 316 g/mol. The van der Waals surface area contributed by atoms with E-state index in [1.807, 2.05) is 0 Å². The number of rotatable bonds is 4. The molecule has 114 valence electrons. The van der Waals surface area contributed by atoms with Crippen molar-refractivity contribution < 1.29 is 19.4 Å². The van der Waals surface area contributed by atoms with Crippen molar-refractivity contribution in [3.05, 3.63) is 22.7 Å². The minimum atomic E-state index is -1.14. The summed E-state index contributed by atoms with van der Waals surface area (Å²) in [7, 11) is 1.36. The van der Waals surface area contributed by atoms with E-state index in [1.165, 1.54) is 19.2 Å². The molecule has 0 saturated carbocycles. The number of aromatic carboxylic acids is 1. The monoisotopic (exact) mass is 330 g/mol. The van der Waals surface area contributed by atoms with E-state index >= 15 is 0 Å². The summed E-state index contributed by atoms with van der Waals surface area (Å²) in [6.45, 7) is 0.776. The Balaban J connectivity index is 2.19. The van der Waals surface area contributed by atoms with E-state index in [0.717, 1.165) is 12.3 Å². The first-order valence-corrected chi connectivity index (χ1v) is 7.79. The Labute approximate surface area is 131 Å². The van der Waals surface area contributed by atoms with Gasteiger partial charge in [-0.05, 0) is 6.07 Å². The number of carbonyl (C=O) groups is 2. The van der Waals surface area contributed by atoms with Gasteiger partial charge in [-0.25, -0.2) is 4.79 Å². The number of methoxy groups -OCH3 is 1. The van der Waals surface area contributed by atoms with Crippen molar-refractivity contribution in [2.75, 3.05) is 30.5 Å². The van der Waals surface area contributed by atoms with Crippen LogP contribution >= 0.6 is 23.4 Å². The van der Waals surface area contributed by atoms with Crippen molar-refractivity contribution in [1.82, 2.24) is 5.32 Å². The summed E-state index contributed by atoms with van der Waals surface area (Å²) in [6, 6.07) is 2.39. The molecule has 21 heavy (non-hydrogen) atoms. The van der Waals surface area contributed by atoms with Crippen molar-refractivity contribution in [2.45, 2.75) is 6.04 Å². The summed E-state index contributed by atoms with van der Waals surface area (Å²) in [5, 5.41) is 15.0. The molecule has 1 amide bonds. The molecule has 0 spiro atoms. The highest BCUT2D eigenvalue weighted by Gasteiger charge is 2.23. The Hall–Kier alpha value is -1.44. The second-order valence-corrected chi connectivity index (χ2v) is 5.97. The van der Waals surface area contributed by atoms with Crippen molar-refractivity contribution in [1.29, 1.82) is 0 Å². The largest absolute Gasteiger partial charge is 0.496 e. The minimum absolute atomic E-state index is 0.0492. The topological polar surface area (TPSA) is 87.7 Å². The van der Waals surface area contributed by atoms with Gasteiger partial charge in [0.25, 0.3) is 0 Å². The van der Waals surface area contributed by atoms with Crippen LogP contribution in [0.4, 0.5) is 5.69 Å². The highest BCUT2D eigenvalue weighted by Crippen LogP contribution is 2.31. The lowest BCUT2D eigenvalue weighted by molar-refractivity contribution is -0.117. The average molecular weight is 331 g/mol. The maximum atomic E-state index is 12.1. The molecule has 1 unspecified atom stereocenters. The lowest BCUT2D eigenvalue weighted by atomic mass is 10.1. The van der Waals surface area contributed by atoms with E-state index in [9.17, 15) is 9.59 Å². The van der Waals surface area contributed by atoms with Crippen LogP contribution in [0.1, 0.15) is 10.4 Å². The van der Waals surface area contributed by atoms with Crippen LogP contribution in [0, 0.1) is 0 Å². The Morgan fingerprint density at radius 2 is 2.29 bits per heavy atom. The predicted octanol–water partition coefficient (Wildman–Crippen LogP) is 1.69. The van der Waals surface area contributed by atoms with Crippen LogP contribution in [0.2, 0.25) is 5.02 Å². The molecule has 1 fully saturated rings. The van der Waals surface area contributed by atoms with Crippen molar-refractivity contribution in [3.8, 4) is 5.75 Å². The number of thioether (sulfide) groups is 1. The molecule has 1 atom stereocenters. The number of hydrogen-bond donors (Lipinski definition) is 3. The van der Waals surface area contributed by atoms with Gasteiger partial charge in [-0.2, -0.15) is 11.8 Å². The summed E-state index contributed by atoms with van der Waals surface area (Å²) < 4.78 is 5.02. The van der Waals surface area contributed by atoms with Crippen LogP contribution in [-0.4, -0.2) is 48.2 Å². The molecule has 1 aromatic carbocycles.